The molecule has 0 saturated carbocycles. The topological polar surface area (TPSA) is 84.9 Å². The second-order valence-corrected chi connectivity index (χ2v) is 11.8. The number of anilines is 2. The number of para-hydroxylation sites is 1. The van der Waals surface area contributed by atoms with Crippen molar-refractivity contribution in [1.29, 1.82) is 0 Å². The maximum Gasteiger partial charge on any atom is 0.328 e. The Labute approximate surface area is 263 Å². The molecule has 0 fully saturated rings. The van der Waals surface area contributed by atoms with Gasteiger partial charge in [-0.05, 0) is 54.1 Å². The number of nitrogens with one attached hydrogen (secondary N) is 1. The summed E-state index contributed by atoms with van der Waals surface area (Å²) in [7, 11) is 1.34. The predicted molar refractivity (Wildman–Crippen MR) is 175 cm³/mol. The van der Waals surface area contributed by atoms with Gasteiger partial charge in [0.15, 0.2) is 5.78 Å². The zero-order chi connectivity index (χ0) is 31.7. The Morgan fingerprint density at radius 1 is 0.841 bits per heavy atom. The number of ether oxygens (including phenoxy) is 2. The standard InChI is InChI=1S/C36H37ClN2O5/c1-36(2,3)35(42)39(28-18-16-27(37)17-19-28)22-23-44-29-20-14-25(15-21-29)24-32(34(41)43-4)38-31-13-9-8-12-30(31)33(40)26-10-6-5-7-11-26/h5-21,32,38H,22-24H2,1-4H3. The molecule has 1 atom stereocenters. The SMILES string of the molecule is COC(=O)C(Cc1ccc(OCCN(C(=O)C(C)(C)C)c2ccc(Cl)cc2)cc1)Nc1ccccc1C(=O)c1ccccc1. The first-order valence-electron chi connectivity index (χ1n) is 14.4. The van der Waals surface area contributed by atoms with Crippen LogP contribution in [0.1, 0.15) is 42.3 Å². The number of methoxy groups -OCH3 is 1. The number of benzene rings is 4. The number of esters is 1. The van der Waals surface area contributed by atoms with Crippen molar-refractivity contribution in [2.75, 3.05) is 30.5 Å². The van der Waals surface area contributed by atoms with E-state index in [1.807, 2.05) is 81.4 Å². The Kier molecular flexibility index (Phi) is 10.8. The molecule has 44 heavy (non-hydrogen) atoms. The molecule has 4 rings (SSSR count). The normalized spacial score (nSPS) is 11.8. The number of halogens is 1. The van der Waals surface area contributed by atoms with E-state index in [-0.39, 0.29) is 18.3 Å². The molecule has 1 amide bonds. The van der Waals surface area contributed by atoms with E-state index in [4.69, 9.17) is 21.1 Å². The molecule has 0 aromatic heterocycles. The van der Waals surface area contributed by atoms with E-state index in [2.05, 4.69) is 5.32 Å². The van der Waals surface area contributed by atoms with Crippen LogP contribution in [0, 0.1) is 5.41 Å². The van der Waals surface area contributed by atoms with Gasteiger partial charge in [-0.2, -0.15) is 0 Å². The summed E-state index contributed by atoms with van der Waals surface area (Å²) in [5, 5.41) is 3.83. The maximum atomic E-state index is 13.2. The van der Waals surface area contributed by atoms with Gasteiger partial charge in [0.1, 0.15) is 18.4 Å². The van der Waals surface area contributed by atoms with Gasteiger partial charge in [-0.25, -0.2) is 4.79 Å². The van der Waals surface area contributed by atoms with Crippen molar-refractivity contribution in [3.8, 4) is 5.75 Å². The van der Waals surface area contributed by atoms with Gasteiger partial charge in [0.2, 0.25) is 5.91 Å². The third kappa shape index (κ3) is 8.48. The number of hydrogen-bond donors (Lipinski definition) is 1. The second-order valence-electron chi connectivity index (χ2n) is 11.3. The van der Waals surface area contributed by atoms with Gasteiger partial charge in [-0.1, -0.05) is 87.0 Å². The van der Waals surface area contributed by atoms with Gasteiger partial charge >= 0.3 is 5.97 Å². The molecule has 0 bridgehead atoms. The number of amides is 1. The average Bonchev–Trinajstić information content (AvgIpc) is 3.03. The van der Waals surface area contributed by atoms with Gasteiger partial charge in [0, 0.05) is 39.4 Å². The minimum atomic E-state index is -0.729. The Bertz CT molecular complexity index is 1570. The summed E-state index contributed by atoms with van der Waals surface area (Å²) in [5.41, 5.74) is 2.63. The molecule has 4 aromatic rings. The largest absolute Gasteiger partial charge is 0.492 e. The summed E-state index contributed by atoms with van der Waals surface area (Å²) in [6.07, 6.45) is 0.325. The van der Waals surface area contributed by atoms with E-state index >= 15 is 0 Å². The van der Waals surface area contributed by atoms with Crippen molar-refractivity contribution < 1.29 is 23.9 Å². The van der Waals surface area contributed by atoms with Gasteiger partial charge in [-0.15, -0.1) is 0 Å². The first kappa shape index (κ1) is 32.3. The second kappa shape index (κ2) is 14.7. The number of carbonyl (C=O) groups is 3. The van der Waals surface area contributed by atoms with E-state index in [1.54, 1.807) is 47.4 Å². The van der Waals surface area contributed by atoms with Crippen molar-refractivity contribution in [2.45, 2.75) is 33.2 Å². The molecule has 0 spiro atoms. The third-order valence-corrected chi connectivity index (χ3v) is 7.25. The molecule has 1 N–H and O–H groups in total. The molecule has 0 aliphatic heterocycles. The minimum absolute atomic E-state index is 0.0211. The van der Waals surface area contributed by atoms with Crippen LogP contribution in [-0.2, 0) is 20.7 Å². The quantitative estimate of drug-likeness (QED) is 0.134. The summed E-state index contributed by atoms with van der Waals surface area (Å²) >= 11 is 6.05. The number of nitrogens with zero attached hydrogens (tertiary/aromatic N) is 1. The van der Waals surface area contributed by atoms with Crippen LogP contribution >= 0.6 is 11.6 Å². The third-order valence-electron chi connectivity index (χ3n) is 6.99. The lowest BCUT2D eigenvalue weighted by Gasteiger charge is -2.29. The van der Waals surface area contributed by atoms with E-state index in [9.17, 15) is 14.4 Å². The van der Waals surface area contributed by atoms with Crippen molar-refractivity contribution in [3.05, 3.63) is 125 Å². The fraction of sp³-hybridized carbons (Fsp3) is 0.250. The molecule has 1 unspecified atom stereocenters. The number of ketones is 1. The fourth-order valence-electron chi connectivity index (χ4n) is 4.66. The van der Waals surface area contributed by atoms with E-state index in [0.29, 0.717) is 40.6 Å². The fourth-order valence-corrected chi connectivity index (χ4v) is 4.79. The monoisotopic (exact) mass is 612 g/mol. The average molecular weight is 613 g/mol. The van der Waals surface area contributed by atoms with Crippen molar-refractivity contribution >= 4 is 40.6 Å². The molecule has 0 aliphatic rings. The van der Waals surface area contributed by atoms with E-state index in [0.717, 1.165) is 11.3 Å². The van der Waals surface area contributed by atoms with Crippen LogP contribution in [0.25, 0.3) is 0 Å². The Morgan fingerprint density at radius 3 is 2.11 bits per heavy atom. The molecule has 0 radical (unpaired) electrons. The maximum absolute atomic E-state index is 13.2. The molecular weight excluding hydrogens is 576 g/mol. The smallest absolute Gasteiger partial charge is 0.328 e. The summed E-state index contributed by atoms with van der Waals surface area (Å²) < 4.78 is 11.1. The lowest BCUT2D eigenvalue weighted by molar-refractivity contribution is -0.141. The van der Waals surface area contributed by atoms with Crippen LogP contribution in [0.5, 0.6) is 5.75 Å². The van der Waals surface area contributed by atoms with E-state index in [1.165, 1.54) is 7.11 Å². The highest BCUT2D eigenvalue weighted by molar-refractivity contribution is 6.30. The molecule has 8 heteroatoms. The summed E-state index contributed by atoms with van der Waals surface area (Å²) in [6.45, 7) is 6.29. The summed E-state index contributed by atoms with van der Waals surface area (Å²) in [6, 6.07) is 30.0. The highest BCUT2D eigenvalue weighted by Gasteiger charge is 2.28. The van der Waals surface area contributed by atoms with Gasteiger partial charge < -0.3 is 19.7 Å². The van der Waals surface area contributed by atoms with Gasteiger partial charge in [0.25, 0.3) is 0 Å². The zero-order valence-electron chi connectivity index (χ0n) is 25.4. The van der Waals surface area contributed by atoms with Crippen LogP contribution in [-0.4, -0.2) is 44.0 Å². The van der Waals surface area contributed by atoms with Crippen LogP contribution < -0.4 is 15.0 Å². The van der Waals surface area contributed by atoms with Crippen molar-refractivity contribution in [2.24, 2.45) is 5.41 Å². The van der Waals surface area contributed by atoms with Crippen LogP contribution in [0.15, 0.2) is 103 Å². The lowest BCUT2D eigenvalue weighted by atomic mass is 9.94. The lowest BCUT2D eigenvalue weighted by Crippen LogP contribution is -2.41. The van der Waals surface area contributed by atoms with E-state index < -0.39 is 17.4 Å². The Morgan fingerprint density at radius 2 is 1.48 bits per heavy atom. The Balaban J connectivity index is 1.42. The molecular formula is C36H37ClN2O5. The first-order valence-corrected chi connectivity index (χ1v) is 14.8. The van der Waals surface area contributed by atoms with Crippen LogP contribution in [0.3, 0.4) is 0 Å². The first-order chi connectivity index (χ1) is 21.1. The van der Waals surface area contributed by atoms with Gasteiger partial charge in [0.05, 0.1) is 13.7 Å². The highest BCUT2D eigenvalue weighted by atomic mass is 35.5. The molecule has 7 nitrogen and oxygen atoms in total. The van der Waals surface area contributed by atoms with Crippen molar-refractivity contribution in [1.82, 2.24) is 0 Å². The van der Waals surface area contributed by atoms with Gasteiger partial charge in [-0.3, -0.25) is 9.59 Å². The zero-order valence-corrected chi connectivity index (χ0v) is 26.1. The molecule has 228 valence electrons. The molecule has 0 aliphatic carbocycles. The van der Waals surface area contributed by atoms with Crippen LogP contribution in [0.4, 0.5) is 11.4 Å². The van der Waals surface area contributed by atoms with Crippen molar-refractivity contribution in [3.63, 3.8) is 0 Å². The molecule has 0 saturated heterocycles. The highest BCUT2D eigenvalue weighted by Crippen LogP contribution is 2.26. The number of carbonyl (C=O) groups excluding carboxylic acids is 3. The molecule has 4 aromatic carbocycles. The predicted octanol–water partition coefficient (Wildman–Crippen LogP) is 7.23. The minimum Gasteiger partial charge on any atom is -0.492 e. The Hall–Kier alpha value is -4.62. The number of hydrogen-bond acceptors (Lipinski definition) is 6. The number of rotatable bonds is 12. The summed E-state index contributed by atoms with van der Waals surface area (Å²) in [5.74, 6) is 0.0253. The summed E-state index contributed by atoms with van der Waals surface area (Å²) in [4.78, 5) is 40.8. The van der Waals surface area contributed by atoms with Crippen LogP contribution in [0.2, 0.25) is 5.02 Å². The molecule has 0 heterocycles.